The topological polar surface area (TPSA) is 120 Å². The molecule has 1 fully saturated rings. The summed E-state index contributed by atoms with van der Waals surface area (Å²) < 4.78 is 29.1. The lowest BCUT2D eigenvalue weighted by atomic mass is 9.90. The summed E-state index contributed by atoms with van der Waals surface area (Å²) in [4.78, 5) is 12.7. The number of hydrogen-bond donors (Lipinski definition) is 1. The maximum absolute atomic E-state index is 11.6. The van der Waals surface area contributed by atoms with Crippen LogP contribution >= 0.6 is 0 Å². The lowest BCUT2D eigenvalue weighted by Gasteiger charge is -2.38. The molecule has 8 nitrogen and oxygen atoms in total. The van der Waals surface area contributed by atoms with Crippen molar-refractivity contribution in [1.29, 1.82) is 0 Å². The summed E-state index contributed by atoms with van der Waals surface area (Å²) in [5.74, 6) is 2.08. The van der Waals surface area contributed by atoms with Gasteiger partial charge in [0.05, 0.1) is 15.9 Å². The normalized spacial score (nSPS) is 20.6. The van der Waals surface area contributed by atoms with E-state index in [1.54, 1.807) is 0 Å². The molecule has 0 saturated carbocycles. The fourth-order valence-corrected chi connectivity index (χ4v) is 4.07. The van der Waals surface area contributed by atoms with E-state index in [9.17, 15) is 18.5 Å². The number of benzene rings is 1. The van der Waals surface area contributed by atoms with Crippen LogP contribution in [0.5, 0.6) is 0 Å². The maximum atomic E-state index is 11.6. The number of rotatable bonds is 5. The van der Waals surface area contributed by atoms with E-state index < -0.39 is 14.9 Å². The van der Waals surface area contributed by atoms with Gasteiger partial charge >= 0.3 is 0 Å². The van der Waals surface area contributed by atoms with Gasteiger partial charge in [0.1, 0.15) is 17.2 Å². The van der Waals surface area contributed by atoms with E-state index in [-0.39, 0.29) is 16.6 Å². The molecule has 146 valence electrons. The highest BCUT2D eigenvalue weighted by molar-refractivity contribution is 7.89. The Morgan fingerprint density at radius 2 is 2.07 bits per heavy atom. The van der Waals surface area contributed by atoms with E-state index in [0.717, 1.165) is 36.8 Å². The van der Waals surface area contributed by atoms with Crippen LogP contribution in [0.25, 0.3) is 0 Å². The molecule has 0 spiro atoms. The van der Waals surface area contributed by atoms with Crippen LogP contribution in [0.3, 0.4) is 0 Å². The van der Waals surface area contributed by atoms with Gasteiger partial charge in [-0.05, 0) is 43.0 Å². The molecule has 0 aliphatic carbocycles. The van der Waals surface area contributed by atoms with Crippen LogP contribution in [0.1, 0.15) is 44.3 Å². The molecule has 9 heteroatoms. The average Bonchev–Trinajstić information content (AvgIpc) is 3.09. The molecule has 1 aliphatic heterocycles. The number of aryl methyl sites for hydroxylation is 1. The maximum Gasteiger partial charge on any atom is 0.293 e. The Kier molecular flexibility index (Phi) is 5.25. The quantitative estimate of drug-likeness (QED) is 0.614. The van der Waals surface area contributed by atoms with Crippen molar-refractivity contribution in [3.63, 3.8) is 0 Å². The van der Waals surface area contributed by atoms with Crippen LogP contribution < -0.4 is 10.0 Å². The van der Waals surface area contributed by atoms with E-state index in [0.29, 0.717) is 18.2 Å². The molecule has 0 amide bonds. The molecule has 2 unspecified atom stereocenters. The van der Waals surface area contributed by atoms with Crippen molar-refractivity contribution in [3.8, 4) is 0 Å². The average molecular weight is 393 g/mol. The number of nitro groups is 1. The number of furan rings is 1. The Morgan fingerprint density at radius 3 is 2.67 bits per heavy atom. The third kappa shape index (κ3) is 3.98. The first-order chi connectivity index (χ1) is 12.7. The van der Waals surface area contributed by atoms with Crippen LogP contribution in [0, 0.1) is 16.0 Å². The van der Waals surface area contributed by atoms with Gasteiger partial charge in [-0.25, -0.2) is 13.6 Å². The SMILES string of the molecule is CCc1ccc(C2CC(C)CCN2c2ccc(S(N)(=O)=O)cc2[N+](=O)[O-])o1. The Morgan fingerprint density at radius 1 is 1.33 bits per heavy atom. The summed E-state index contributed by atoms with van der Waals surface area (Å²) in [6.07, 6.45) is 2.45. The van der Waals surface area contributed by atoms with Crippen molar-refractivity contribution in [2.75, 3.05) is 11.4 Å². The van der Waals surface area contributed by atoms with E-state index in [2.05, 4.69) is 6.92 Å². The lowest BCUT2D eigenvalue weighted by Crippen LogP contribution is -2.36. The van der Waals surface area contributed by atoms with E-state index in [1.807, 2.05) is 24.0 Å². The van der Waals surface area contributed by atoms with Gasteiger partial charge in [0.2, 0.25) is 10.0 Å². The molecule has 27 heavy (non-hydrogen) atoms. The van der Waals surface area contributed by atoms with Crippen molar-refractivity contribution >= 4 is 21.4 Å². The Balaban J connectivity index is 2.07. The fraction of sp³-hybridized carbons (Fsp3) is 0.444. The molecule has 1 aromatic heterocycles. The summed E-state index contributed by atoms with van der Waals surface area (Å²) in [5, 5.41) is 16.8. The molecule has 1 saturated heterocycles. The minimum absolute atomic E-state index is 0.145. The van der Waals surface area contributed by atoms with E-state index in [1.165, 1.54) is 12.1 Å². The number of anilines is 1. The van der Waals surface area contributed by atoms with Gasteiger partial charge < -0.3 is 9.32 Å². The highest BCUT2D eigenvalue weighted by atomic mass is 32.2. The van der Waals surface area contributed by atoms with Crippen LogP contribution in [0.4, 0.5) is 11.4 Å². The minimum atomic E-state index is -4.02. The number of nitrogens with two attached hydrogens (primary N) is 1. The Labute approximate surface area is 158 Å². The van der Waals surface area contributed by atoms with Gasteiger partial charge in [0.15, 0.2) is 0 Å². The summed E-state index contributed by atoms with van der Waals surface area (Å²) in [7, 11) is -4.02. The number of sulfonamides is 1. The lowest BCUT2D eigenvalue weighted by molar-refractivity contribution is -0.384. The van der Waals surface area contributed by atoms with Gasteiger partial charge in [0.25, 0.3) is 5.69 Å². The van der Waals surface area contributed by atoms with Gasteiger partial charge in [-0.1, -0.05) is 13.8 Å². The third-order valence-electron chi connectivity index (χ3n) is 5.01. The van der Waals surface area contributed by atoms with E-state index >= 15 is 0 Å². The van der Waals surface area contributed by atoms with Gasteiger partial charge in [0, 0.05) is 19.0 Å². The first kappa shape index (κ1) is 19.4. The van der Waals surface area contributed by atoms with Crippen molar-refractivity contribution in [2.24, 2.45) is 11.1 Å². The summed E-state index contributed by atoms with van der Waals surface area (Å²) in [5.41, 5.74) is 0.0992. The number of nitro benzene ring substituents is 1. The van der Waals surface area contributed by atoms with Crippen LogP contribution in [0.15, 0.2) is 39.6 Å². The molecular formula is C18H23N3O5S. The Hall–Kier alpha value is -2.39. The molecule has 2 N–H and O–H groups in total. The number of hydrogen-bond acceptors (Lipinski definition) is 6. The number of nitrogens with zero attached hydrogens (tertiary/aromatic N) is 2. The smallest absolute Gasteiger partial charge is 0.293 e. The zero-order chi connectivity index (χ0) is 19.8. The first-order valence-electron chi connectivity index (χ1n) is 8.87. The predicted octanol–water partition coefficient (Wildman–Crippen LogP) is 3.38. The minimum Gasteiger partial charge on any atom is -0.464 e. The zero-order valence-electron chi connectivity index (χ0n) is 15.3. The molecule has 0 radical (unpaired) electrons. The molecule has 2 aromatic rings. The van der Waals surface area contributed by atoms with Crippen molar-refractivity contribution in [1.82, 2.24) is 0 Å². The molecule has 2 atom stereocenters. The monoisotopic (exact) mass is 393 g/mol. The van der Waals surface area contributed by atoms with Crippen molar-refractivity contribution in [3.05, 3.63) is 52.0 Å². The molecule has 2 heterocycles. The Bertz CT molecular complexity index is 954. The van der Waals surface area contributed by atoms with Crippen molar-refractivity contribution in [2.45, 2.75) is 44.0 Å². The third-order valence-corrected chi connectivity index (χ3v) is 5.92. The molecule has 0 bridgehead atoms. The molecular weight excluding hydrogens is 370 g/mol. The highest BCUT2D eigenvalue weighted by Gasteiger charge is 2.34. The van der Waals surface area contributed by atoms with E-state index in [4.69, 9.17) is 9.56 Å². The summed E-state index contributed by atoms with van der Waals surface area (Å²) >= 11 is 0. The second-order valence-electron chi connectivity index (χ2n) is 6.95. The second kappa shape index (κ2) is 7.32. The van der Waals surface area contributed by atoms with Crippen LogP contribution in [0.2, 0.25) is 0 Å². The van der Waals surface area contributed by atoms with Crippen LogP contribution in [-0.4, -0.2) is 19.9 Å². The van der Waals surface area contributed by atoms with Crippen molar-refractivity contribution < 1.29 is 17.8 Å². The number of primary sulfonamides is 1. The largest absolute Gasteiger partial charge is 0.464 e. The standard InChI is InChI=1S/C18H23N3O5S/c1-3-13-4-7-18(26-13)17-10-12(2)8-9-20(17)15-6-5-14(27(19,24)25)11-16(15)21(22)23/h4-7,11-12,17H,3,8-10H2,1-2H3,(H2,19,24,25). The van der Waals surface area contributed by atoms with Crippen LogP contribution in [-0.2, 0) is 16.4 Å². The fourth-order valence-electron chi connectivity index (χ4n) is 3.53. The zero-order valence-corrected chi connectivity index (χ0v) is 16.1. The molecule has 3 rings (SSSR count). The first-order valence-corrected chi connectivity index (χ1v) is 10.4. The van der Waals surface area contributed by atoms with Gasteiger partial charge in [-0.3, -0.25) is 10.1 Å². The molecule has 1 aliphatic rings. The molecule has 1 aromatic carbocycles. The predicted molar refractivity (Wildman–Crippen MR) is 101 cm³/mol. The van der Waals surface area contributed by atoms with Gasteiger partial charge in [-0.15, -0.1) is 0 Å². The second-order valence-corrected chi connectivity index (χ2v) is 8.51. The summed E-state index contributed by atoms with van der Waals surface area (Å²) in [6, 6.07) is 7.49. The van der Waals surface area contributed by atoms with Gasteiger partial charge in [-0.2, -0.15) is 0 Å². The number of piperidine rings is 1. The highest BCUT2D eigenvalue weighted by Crippen LogP contribution is 2.42. The summed E-state index contributed by atoms with van der Waals surface area (Å²) in [6.45, 7) is 4.76.